The lowest BCUT2D eigenvalue weighted by atomic mass is 9.86. The van der Waals surface area contributed by atoms with E-state index in [0.717, 1.165) is 4.90 Å². The molecule has 36 heavy (non-hydrogen) atoms. The lowest BCUT2D eigenvalue weighted by Crippen LogP contribution is -2.46. The summed E-state index contributed by atoms with van der Waals surface area (Å²) in [5.41, 5.74) is 0.696. The summed E-state index contributed by atoms with van der Waals surface area (Å²) in [4.78, 5) is 53.0. The van der Waals surface area contributed by atoms with Crippen molar-refractivity contribution in [1.82, 2.24) is 5.01 Å². The highest BCUT2D eigenvalue weighted by Crippen LogP contribution is 2.47. The van der Waals surface area contributed by atoms with Crippen LogP contribution in [0.1, 0.15) is 15.9 Å². The normalized spacial score (nSPS) is 24.1. The molecular weight excluding hydrogens is 468 g/mol. The van der Waals surface area contributed by atoms with Crippen molar-refractivity contribution >= 4 is 35.2 Å². The van der Waals surface area contributed by atoms with Crippen LogP contribution < -0.4 is 14.4 Å². The van der Waals surface area contributed by atoms with Gasteiger partial charge in [0.25, 0.3) is 5.69 Å². The molecule has 0 spiro atoms. The highest BCUT2D eigenvalue weighted by Gasteiger charge is 2.64. The second kappa shape index (κ2) is 8.59. The molecule has 0 aliphatic carbocycles. The second-order valence-electron chi connectivity index (χ2n) is 8.69. The predicted octanol–water partition coefficient (Wildman–Crippen LogP) is 2.52. The van der Waals surface area contributed by atoms with Crippen molar-refractivity contribution in [2.45, 2.75) is 19.0 Å². The Labute approximate surface area is 205 Å². The number of allylic oxidation sites excluding steroid dienone is 1. The van der Waals surface area contributed by atoms with Gasteiger partial charge in [0.15, 0.2) is 17.3 Å². The molecule has 2 aromatic carbocycles. The summed E-state index contributed by atoms with van der Waals surface area (Å²) in [6, 6.07) is 7.03. The molecule has 0 aromatic heterocycles. The van der Waals surface area contributed by atoms with Gasteiger partial charge in [-0.25, -0.2) is 4.90 Å². The first kappa shape index (κ1) is 23.2. The first-order chi connectivity index (χ1) is 17.3. The van der Waals surface area contributed by atoms with Crippen LogP contribution in [0.4, 0.5) is 11.4 Å². The van der Waals surface area contributed by atoms with Crippen LogP contribution in [-0.4, -0.2) is 60.0 Å². The number of fused-ring (bicyclic) bond motifs is 3. The predicted molar refractivity (Wildman–Crippen MR) is 128 cm³/mol. The number of aryl methyl sites for hydroxylation is 1. The van der Waals surface area contributed by atoms with Crippen LogP contribution in [0.3, 0.4) is 0 Å². The fraction of sp³-hybridized carbons (Fsp3) is 0.280. The van der Waals surface area contributed by atoms with E-state index in [-0.39, 0.29) is 16.9 Å². The van der Waals surface area contributed by atoms with E-state index in [1.54, 1.807) is 31.2 Å². The zero-order valence-electron chi connectivity index (χ0n) is 19.7. The number of nitrogens with zero attached hydrogens (tertiary/aromatic N) is 4. The number of ether oxygens (including phenoxy) is 2. The van der Waals surface area contributed by atoms with Crippen LogP contribution in [0, 0.1) is 28.9 Å². The third-order valence-electron chi connectivity index (χ3n) is 6.87. The first-order valence-electron chi connectivity index (χ1n) is 11.2. The van der Waals surface area contributed by atoms with Gasteiger partial charge in [0, 0.05) is 23.9 Å². The van der Waals surface area contributed by atoms with Crippen molar-refractivity contribution < 1.29 is 28.8 Å². The Morgan fingerprint density at radius 2 is 1.75 bits per heavy atom. The molecule has 4 atom stereocenters. The standard InChI is InChI=1S/C25H22N4O7/c1-13-6-8-15(29(33)34)12-17(13)27-24(31)20-16-5-4-10-26-28(16)22(21(20)25(27)32)23(30)14-7-9-18(35-2)19(11-14)36-3/h4-12,16,20-22H,1-3H3/t16-,20+,21+,22-/m0/s1. The fourth-order valence-electron chi connectivity index (χ4n) is 5.19. The molecule has 0 radical (unpaired) electrons. The highest BCUT2D eigenvalue weighted by atomic mass is 16.6. The Kier molecular flexibility index (Phi) is 5.54. The fourth-order valence-corrected chi connectivity index (χ4v) is 5.19. The number of carbonyl (C=O) groups excluding carboxylic acids is 3. The van der Waals surface area contributed by atoms with Gasteiger partial charge in [-0.3, -0.25) is 29.5 Å². The first-order valence-corrected chi connectivity index (χ1v) is 11.2. The minimum atomic E-state index is -1.06. The lowest BCUT2D eigenvalue weighted by Gasteiger charge is -2.30. The van der Waals surface area contributed by atoms with Crippen LogP contribution >= 0.6 is 0 Å². The number of rotatable bonds is 6. The summed E-state index contributed by atoms with van der Waals surface area (Å²) in [6.45, 7) is 1.66. The molecule has 2 saturated heterocycles. The Bertz CT molecular complexity index is 1370. The maximum atomic E-state index is 13.8. The number of hydrazone groups is 1. The van der Waals surface area contributed by atoms with Gasteiger partial charge in [0.2, 0.25) is 11.8 Å². The number of ketones is 1. The number of Topliss-reactive ketones (excluding diaryl/α,β-unsaturated/α-hetero) is 1. The molecule has 0 N–H and O–H groups in total. The number of benzene rings is 2. The summed E-state index contributed by atoms with van der Waals surface area (Å²) >= 11 is 0. The van der Waals surface area contributed by atoms with E-state index in [0.29, 0.717) is 17.1 Å². The van der Waals surface area contributed by atoms with E-state index < -0.39 is 46.4 Å². The number of hydrogen-bond acceptors (Lipinski definition) is 9. The molecule has 11 heteroatoms. The number of nitro groups is 1. The zero-order valence-corrected chi connectivity index (χ0v) is 19.7. The number of nitro benzene ring substituents is 1. The van der Waals surface area contributed by atoms with Gasteiger partial charge < -0.3 is 9.47 Å². The lowest BCUT2D eigenvalue weighted by molar-refractivity contribution is -0.384. The highest BCUT2D eigenvalue weighted by molar-refractivity contribution is 6.25. The van der Waals surface area contributed by atoms with Gasteiger partial charge in [0.1, 0.15) is 6.04 Å². The molecule has 0 bridgehead atoms. The van der Waals surface area contributed by atoms with E-state index >= 15 is 0 Å². The molecule has 2 aromatic rings. The third-order valence-corrected chi connectivity index (χ3v) is 6.87. The van der Waals surface area contributed by atoms with E-state index in [1.807, 2.05) is 0 Å². The van der Waals surface area contributed by atoms with Crippen molar-refractivity contribution in [2.24, 2.45) is 16.9 Å². The quantitative estimate of drug-likeness (QED) is 0.261. The summed E-state index contributed by atoms with van der Waals surface area (Å²) in [7, 11) is 2.93. The Morgan fingerprint density at radius 3 is 2.44 bits per heavy atom. The summed E-state index contributed by atoms with van der Waals surface area (Å²) in [5, 5.41) is 17.2. The molecule has 184 valence electrons. The number of anilines is 1. The Hall–Kier alpha value is -4.54. The number of carbonyl (C=O) groups is 3. The smallest absolute Gasteiger partial charge is 0.271 e. The van der Waals surface area contributed by atoms with Crippen molar-refractivity contribution in [2.75, 3.05) is 19.1 Å². The van der Waals surface area contributed by atoms with Crippen molar-refractivity contribution in [3.63, 3.8) is 0 Å². The molecule has 3 aliphatic heterocycles. The van der Waals surface area contributed by atoms with Gasteiger partial charge in [-0.05, 0) is 36.8 Å². The zero-order chi connectivity index (χ0) is 25.7. The molecule has 5 rings (SSSR count). The number of methoxy groups -OCH3 is 2. The van der Waals surface area contributed by atoms with E-state index in [4.69, 9.17) is 9.47 Å². The van der Waals surface area contributed by atoms with Crippen LogP contribution in [-0.2, 0) is 9.59 Å². The van der Waals surface area contributed by atoms with Crippen LogP contribution in [0.2, 0.25) is 0 Å². The van der Waals surface area contributed by atoms with Crippen molar-refractivity contribution in [1.29, 1.82) is 0 Å². The molecule has 3 heterocycles. The van der Waals surface area contributed by atoms with E-state index in [1.165, 1.54) is 49.7 Å². The van der Waals surface area contributed by atoms with E-state index in [9.17, 15) is 24.5 Å². The van der Waals surface area contributed by atoms with Gasteiger partial charge in [0.05, 0.1) is 42.7 Å². The SMILES string of the molecule is COc1ccc(C(=O)[C@@H]2[C@@H]3C(=O)N(c4cc([N+](=O)[O-])ccc4C)C(=O)[C@@H]3[C@@H]3C=CC=NN23)cc1OC. The molecule has 11 nitrogen and oxygen atoms in total. The number of hydrogen-bond donors (Lipinski definition) is 0. The maximum absolute atomic E-state index is 13.8. The van der Waals surface area contributed by atoms with Crippen LogP contribution in [0.25, 0.3) is 0 Å². The minimum Gasteiger partial charge on any atom is -0.493 e. The van der Waals surface area contributed by atoms with Crippen molar-refractivity contribution in [3.8, 4) is 11.5 Å². The van der Waals surface area contributed by atoms with Crippen molar-refractivity contribution in [3.05, 3.63) is 69.8 Å². The molecule has 3 aliphatic rings. The minimum absolute atomic E-state index is 0.140. The summed E-state index contributed by atoms with van der Waals surface area (Å²) < 4.78 is 10.6. The Balaban J connectivity index is 1.59. The molecular formula is C25H22N4O7. The largest absolute Gasteiger partial charge is 0.493 e. The summed E-state index contributed by atoms with van der Waals surface area (Å²) in [5.74, 6) is -2.63. The van der Waals surface area contributed by atoms with Gasteiger partial charge in [-0.1, -0.05) is 12.1 Å². The van der Waals surface area contributed by atoms with Gasteiger partial charge in [-0.15, -0.1) is 0 Å². The summed E-state index contributed by atoms with van der Waals surface area (Å²) in [6.07, 6.45) is 4.91. The monoisotopic (exact) mass is 490 g/mol. The van der Waals surface area contributed by atoms with Crippen LogP contribution in [0.5, 0.6) is 11.5 Å². The third kappa shape index (κ3) is 3.35. The number of amides is 2. The van der Waals surface area contributed by atoms with Gasteiger partial charge >= 0.3 is 0 Å². The van der Waals surface area contributed by atoms with E-state index in [2.05, 4.69) is 5.10 Å². The maximum Gasteiger partial charge on any atom is 0.271 e. The average molecular weight is 490 g/mol. The number of imide groups is 1. The van der Waals surface area contributed by atoms with Crippen LogP contribution in [0.15, 0.2) is 53.7 Å². The molecule has 2 fully saturated rings. The molecule has 2 amide bonds. The average Bonchev–Trinajstić information content (AvgIpc) is 3.35. The molecule has 0 unspecified atom stereocenters. The topological polar surface area (TPSA) is 132 Å². The van der Waals surface area contributed by atoms with Gasteiger partial charge in [-0.2, -0.15) is 5.10 Å². The second-order valence-corrected chi connectivity index (χ2v) is 8.69. The number of non-ortho nitro benzene ring substituents is 1. The Morgan fingerprint density at radius 1 is 1.03 bits per heavy atom. The molecule has 0 saturated carbocycles.